The van der Waals surface area contributed by atoms with Gasteiger partial charge >= 0.3 is 0 Å². The van der Waals surface area contributed by atoms with Crippen LogP contribution in [0.25, 0.3) is 0 Å². The van der Waals surface area contributed by atoms with Gasteiger partial charge in [-0.2, -0.15) is 0 Å². The Morgan fingerprint density at radius 1 is 0.833 bits per heavy atom. The molecule has 36 heavy (non-hydrogen) atoms. The molecule has 2 aliphatic rings. The molecular formula is C28H39ClN2O5. The van der Waals surface area contributed by atoms with Crippen LogP contribution in [0.5, 0.6) is 23.0 Å². The second-order valence-corrected chi connectivity index (χ2v) is 9.32. The lowest BCUT2D eigenvalue weighted by Crippen LogP contribution is -2.44. The van der Waals surface area contributed by atoms with Gasteiger partial charge in [-0.15, -0.1) is 12.4 Å². The largest absolute Gasteiger partial charge is 0.493 e. The summed E-state index contributed by atoms with van der Waals surface area (Å²) in [5.41, 5.74) is 3.03. The van der Waals surface area contributed by atoms with Crippen LogP contribution in [0.3, 0.4) is 0 Å². The second-order valence-electron chi connectivity index (χ2n) is 9.32. The highest BCUT2D eigenvalue weighted by atomic mass is 35.5. The fourth-order valence-corrected chi connectivity index (χ4v) is 5.36. The average Bonchev–Trinajstić information content (AvgIpc) is 2.91. The van der Waals surface area contributed by atoms with E-state index in [4.69, 9.17) is 18.9 Å². The molecule has 198 valence electrons. The lowest BCUT2D eigenvalue weighted by atomic mass is 9.95. The zero-order chi connectivity index (χ0) is 24.8. The number of benzene rings is 2. The first-order valence-corrected chi connectivity index (χ1v) is 12.6. The number of ether oxygens (including phenoxy) is 4. The molecule has 2 aliphatic heterocycles. The highest BCUT2D eigenvalue weighted by Crippen LogP contribution is 2.33. The molecule has 0 aromatic heterocycles. The van der Waals surface area contributed by atoms with Gasteiger partial charge in [0, 0.05) is 31.2 Å². The van der Waals surface area contributed by atoms with Gasteiger partial charge in [0.05, 0.1) is 28.4 Å². The van der Waals surface area contributed by atoms with Crippen LogP contribution in [0, 0.1) is 0 Å². The van der Waals surface area contributed by atoms with Gasteiger partial charge in [-0.25, -0.2) is 0 Å². The number of amides is 1. The number of piperidine rings is 1. The summed E-state index contributed by atoms with van der Waals surface area (Å²) in [7, 11) is 6.57. The number of halogens is 1. The molecule has 2 aromatic rings. The Labute approximate surface area is 221 Å². The Kier molecular flexibility index (Phi) is 10.1. The molecule has 0 spiro atoms. The van der Waals surface area contributed by atoms with E-state index in [-0.39, 0.29) is 18.3 Å². The molecule has 2 aromatic carbocycles. The van der Waals surface area contributed by atoms with Crippen LogP contribution in [0.15, 0.2) is 30.3 Å². The highest BCUT2D eigenvalue weighted by molar-refractivity contribution is 5.97. The minimum Gasteiger partial charge on any atom is -0.493 e. The van der Waals surface area contributed by atoms with Gasteiger partial charge in [0.2, 0.25) is 0 Å². The maximum absolute atomic E-state index is 13.3. The van der Waals surface area contributed by atoms with Crippen molar-refractivity contribution in [2.75, 3.05) is 54.6 Å². The van der Waals surface area contributed by atoms with Crippen molar-refractivity contribution in [2.45, 2.75) is 44.6 Å². The number of hydrogen-bond acceptors (Lipinski definition) is 6. The molecule has 8 heteroatoms. The molecule has 2 heterocycles. The predicted molar refractivity (Wildman–Crippen MR) is 143 cm³/mol. The highest BCUT2D eigenvalue weighted by Gasteiger charge is 2.28. The maximum Gasteiger partial charge on any atom is 0.254 e. The van der Waals surface area contributed by atoms with E-state index in [1.54, 1.807) is 28.4 Å². The van der Waals surface area contributed by atoms with Gasteiger partial charge < -0.3 is 23.8 Å². The van der Waals surface area contributed by atoms with Gasteiger partial charge in [0.25, 0.3) is 5.91 Å². The van der Waals surface area contributed by atoms with Crippen LogP contribution in [0.4, 0.5) is 0 Å². The lowest BCUT2D eigenvalue weighted by Gasteiger charge is -2.38. The smallest absolute Gasteiger partial charge is 0.254 e. The normalized spacial score (nSPS) is 17.7. The van der Waals surface area contributed by atoms with E-state index in [0.717, 1.165) is 68.1 Å². The molecule has 1 fully saturated rings. The summed E-state index contributed by atoms with van der Waals surface area (Å²) in [5.74, 6) is 2.92. The Morgan fingerprint density at radius 3 is 2.25 bits per heavy atom. The zero-order valence-electron chi connectivity index (χ0n) is 21.9. The van der Waals surface area contributed by atoms with Crippen molar-refractivity contribution in [1.29, 1.82) is 0 Å². The minimum absolute atomic E-state index is 0. The van der Waals surface area contributed by atoms with Crippen molar-refractivity contribution in [2.24, 2.45) is 0 Å². The standard InChI is InChI=1S/C28H38N2O5.ClH/c1-32-24-9-8-20(17-25(24)33-2)10-14-29-13-6-5-7-22(29)12-16-30-15-11-21-18-26(34-3)27(35-4)19-23(21)28(30)31;/h8-9,17-19,22H,5-7,10-16H2,1-4H3;1H. The van der Waals surface area contributed by atoms with E-state index < -0.39 is 0 Å². The molecule has 1 amide bonds. The molecule has 1 unspecified atom stereocenters. The van der Waals surface area contributed by atoms with Crippen LogP contribution < -0.4 is 18.9 Å². The van der Waals surface area contributed by atoms with Gasteiger partial charge in [0.1, 0.15) is 0 Å². The van der Waals surface area contributed by atoms with E-state index >= 15 is 0 Å². The van der Waals surface area contributed by atoms with Gasteiger partial charge in [0.15, 0.2) is 23.0 Å². The molecule has 4 rings (SSSR count). The Balaban J connectivity index is 0.00000361. The number of hydrogen-bond donors (Lipinski definition) is 0. The molecule has 1 atom stereocenters. The van der Waals surface area contributed by atoms with Gasteiger partial charge in [-0.3, -0.25) is 9.69 Å². The lowest BCUT2D eigenvalue weighted by molar-refractivity contribution is 0.0698. The SMILES string of the molecule is COc1ccc(CCN2CCCCC2CCN2CCc3cc(OC)c(OC)cc3C2=O)cc1OC.Cl. The van der Waals surface area contributed by atoms with Crippen LogP contribution in [0.2, 0.25) is 0 Å². The number of fused-ring (bicyclic) bond motifs is 1. The monoisotopic (exact) mass is 518 g/mol. The van der Waals surface area contributed by atoms with E-state index in [9.17, 15) is 4.79 Å². The minimum atomic E-state index is 0. The predicted octanol–water partition coefficient (Wildman–Crippen LogP) is 4.63. The van der Waals surface area contributed by atoms with E-state index in [1.807, 2.05) is 23.1 Å². The number of methoxy groups -OCH3 is 4. The first-order valence-electron chi connectivity index (χ1n) is 12.6. The third-order valence-electron chi connectivity index (χ3n) is 7.40. The van der Waals surface area contributed by atoms with Crippen molar-refractivity contribution in [3.8, 4) is 23.0 Å². The van der Waals surface area contributed by atoms with Crippen molar-refractivity contribution < 1.29 is 23.7 Å². The van der Waals surface area contributed by atoms with E-state index in [1.165, 1.54) is 24.8 Å². The Hall–Kier alpha value is -2.64. The summed E-state index contributed by atoms with van der Waals surface area (Å²) < 4.78 is 21.7. The third kappa shape index (κ3) is 6.19. The summed E-state index contributed by atoms with van der Waals surface area (Å²) in [6.07, 6.45) is 6.49. The van der Waals surface area contributed by atoms with Crippen molar-refractivity contribution in [3.05, 3.63) is 47.0 Å². The molecule has 0 radical (unpaired) electrons. The quantitative estimate of drug-likeness (QED) is 0.457. The van der Waals surface area contributed by atoms with Crippen molar-refractivity contribution in [1.82, 2.24) is 9.80 Å². The fraction of sp³-hybridized carbons (Fsp3) is 0.536. The van der Waals surface area contributed by atoms with E-state index in [0.29, 0.717) is 17.5 Å². The summed E-state index contributed by atoms with van der Waals surface area (Å²) in [6, 6.07) is 10.5. The molecule has 0 N–H and O–H groups in total. The number of likely N-dealkylation sites (tertiary alicyclic amines) is 1. The molecule has 0 saturated carbocycles. The van der Waals surface area contributed by atoms with E-state index in [2.05, 4.69) is 17.0 Å². The molecule has 0 bridgehead atoms. The second kappa shape index (κ2) is 13.1. The van der Waals surface area contributed by atoms with Gasteiger partial charge in [-0.1, -0.05) is 12.5 Å². The summed E-state index contributed by atoms with van der Waals surface area (Å²) in [4.78, 5) is 17.9. The molecule has 0 aliphatic carbocycles. The van der Waals surface area contributed by atoms with Crippen LogP contribution in [-0.4, -0.2) is 76.4 Å². The van der Waals surface area contributed by atoms with Crippen molar-refractivity contribution >= 4 is 18.3 Å². The topological polar surface area (TPSA) is 60.5 Å². The third-order valence-corrected chi connectivity index (χ3v) is 7.40. The summed E-state index contributed by atoms with van der Waals surface area (Å²) in [6.45, 7) is 3.66. The van der Waals surface area contributed by atoms with Gasteiger partial charge in [-0.05, 0) is 74.0 Å². The number of nitrogens with zero attached hydrogens (tertiary/aromatic N) is 2. The average molecular weight is 519 g/mol. The Morgan fingerprint density at radius 2 is 1.53 bits per heavy atom. The molecular weight excluding hydrogens is 480 g/mol. The zero-order valence-corrected chi connectivity index (χ0v) is 22.7. The number of carbonyl (C=O) groups is 1. The summed E-state index contributed by atoms with van der Waals surface area (Å²) >= 11 is 0. The first kappa shape index (κ1) is 27.9. The first-order chi connectivity index (χ1) is 17.1. The fourth-order valence-electron chi connectivity index (χ4n) is 5.36. The Bertz CT molecular complexity index is 1030. The number of rotatable bonds is 10. The van der Waals surface area contributed by atoms with Crippen molar-refractivity contribution in [3.63, 3.8) is 0 Å². The molecule has 1 saturated heterocycles. The van der Waals surface area contributed by atoms with Crippen LogP contribution >= 0.6 is 12.4 Å². The van der Waals surface area contributed by atoms with Crippen LogP contribution in [-0.2, 0) is 12.8 Å². The maximum atomic E-state index is 13.3. The molecule has 7 nitrogen and oxygen atoms in total. The number of carbonyl (C=O) groups excluding carboxylic acids is 1. The van der Waals surface area contributed by atoms with Crippen LogP contribution in [0.1, 0.15) is 47.2 Å². The summed E-state index contributed by atoms with van der Waals surface area (Å²) in [5, 5.41) is 0.